The van der Waals surface area contributed by atoms with Gasteiger partial charge >= 0.3 is 6.03 Å². The van der Waals surface area contributed by atoms with Crippen LogP contribution >= 0.6 is 0 Å². The standard InChI is InChI=1S/C34H35N7O2/c1-21-27(8-5-9-29(21)37-34(42)41-19-23-6-3-4-7-24(23)20-41)31-28-18-30(36-32(28)39-33(35)38-31)22-10-12-25(13-11-22)43-26-14-16-40(2)17-15-26/h3-13,18,26H,14-17,19-20H2,1-2H3,(H,37,42)(H3,35,36,38,39). The minimum atomic E-state index is -0.129. The van der Waals surface area contributed by atoms with Gasteiger partial charge < -0.3 is 30.6 Å². The summed E-state index contributed by atoms with van der Waals surface area (Å²) < 4.78 is 6.24. The number of carbonyl (C=O) groups excluding carboxylic acids is 1. The van der Waals surface area contributed by atoms with E-state index in [4.69, 9.17) is 10.5 Å². The Balaban J connectivity index is 1.13. The van der Waals surface area contributed by atoms with E-state index < -0.39 is 0 Å². The van der Waals surface area contributed by atoms with Crippen molar-refractivity contribution in [3.05, 3.63) is 89.5 Å². The Kier molecular flexibility index (Phi) is 6.95. The highest BCUT2D eigenvalue weighted by Gasteiger charge is 2.24. The average molecular weight is 574 g/mol. The summed E-state index contributed by atoms with van der Waals surface area (Å²) in [6.45, 7) is 5.31. The van der Waals surface area contributed by atoms with E-state index in [9.17, 15) is 4.79 Å². The number of aromatic nitrogens is 3. The summed E-state index contributed by atoms with van der Waals surface area (Å²) in [4.78, 5) is 29.9. The minimum absolute atomic E-state index is 0.129. The lowest BCUT2D eigenvalue weighted by Gasteiger charge is -2.29. The molecule has 0 unspecified atom stereocenters. The molecule has 1 fully saturated rings. The number of piperidine rings is 1. The Labute approximate surface area is 250 Å². The first kappa shape index (κ1) is 27.0. The number of amides is 2. The summed E-state index contributed by atoms with van der Waals surface area (Å²) in [5.41, 5.74) is 14.4. The second kappa shape index (κ2) is 11.1. The predicted molar refractivity (Wildman–Crippen MR) is 170 cm³/mol. The van der Waals surface area contributed by atoms with Crippen molar-refractivity contribution in [3.8, 4) is 28.3 Å². The Morgan fingerprint density at radius 3 is 2.42 bits per heavy atom. The first-order chi connectivity index (χ1) is 20.9. The van der Waals surface area contributed by atoms with Crippen LogP contribution in [0.1, 0.15) is 29.5 Å². The summed E-state index contributed by atoms with van der Waals surface area (Å²) in [6, 6.07) is 24.1. The molecule has 9 heteroatoms. The molecular formula is C34H35N7O2. The fraction of sp³-hybridized carbons (Fsp3) is 0.265. The maximum Gasteiger partial charge on any atom is 0.322 e. The quantitative estimate of drug-likeness (QED) is 0.231. The molecule has 9 nitrogen and oxygen atoms in total. The number of rotatable bonds is 5. The molecule has 0 saturated carbocycles. The highest BCUT2D eigenvalue weighted by Crippen LogP contribution is 2.35. The Morgan fingerprint density at radius 2 is 1.70 bits per heavy atom. The van der Waals surface area contributed by atoms with Gasteiger partial charge in [-0.1, -0.05) is 36.4 Å². The number of aromatic amines is 1. The number of nitrogens with one attached hydrogen (secondary N) is 2. The van der Waals surface area contributed by atoms with Crippen molar-refractivity contribution in [1.82, 2.24) is 24.8 Å². The van der Waals surface area contributed by atoms with Gasteiger partial charge in [0.2, 0.25) is 5.95 Å². The molecular weight excluding hydrogens is 538 g/mol. The van der Waals surface area contributed by atoms with Gasteiger partial charge in [-0.15, -0.1) is 0 Å². The van der Waals surface area contributed by atoms with E-state index in [0.717, 1.165) is 70.8 Å². The molecule has 4 heterocycles. The molecule has 218 valence electrons. The molecule has 0 atom stereocenters. The van der Waals surface area contributed by atoms with Crippen molar-refractivity contribution in [2.45, 2.75) is 39.0 Å². The first-order valence-electron chi connectivity index (χ1n) is 14.8. The number of nitrogen functional groups attached to an aromatic ring is 1. The van der Waals surface area contributed by atoms with E-state index in [2.05, 4.69) is 62.5 Å². The second-order valence-electron chi connectivity index (χ2n) is 11.6. The van der Waals surface area contributed by atoms with Gasteiger partial charge in [0.15, 0.2) is 0 Å². The van der Waals surface area contributed by atoms with Gasteiger partial charge in [0, 0.05) is 48.5 Å². The van der Waals surface area contributed by atoms with Crippen molar-refractivity contribution in [3.63, 3.8) is 0 Å². The first-order valence-corrected chi connectivity index (χ1v) is 14.8. The highest BCUT2D eigenvalue weighted by molar-refractivity contribution is 5.98. The monoisotopic (exact) mass is 573 g/mol. The molecule has 5 aromatic rings. The number of nitrogens with two attached hydrogens (primary N) is 1. The summed E-state index contributed by atoms with van der Waals surface area (Å²) in [6.07, 6.45) is 2.34. The number of benzene rings is 3. The summed E-state index contributed by atoms with van der Waals surface area (Å²) >= 11 is 0. The Bertz CT molecular complexity index is 1780. The molecule has 1 saturated heterocycles. The topological polar surface area (TPSA) is 112 Å². The van der Waals surface area contributed by atoms with E-state index in [1.54, 1.807) is 0 Å². The third kappa shape index (κ3) is 5.39. The van der Waals surface area contributed by atoms with E-state index in [-0.39, 0.29) is 18.1 Å². The van der Waals surface area contributed by atoms with Crippen LogP contribution in [-0.4, -0.2) is 57.0 Å². The van der Waals surface area contributed by atoms with E-state index >= 15 is 0 Å². The minimum Gasteiger partial charge on any atom is -0.490 e. The molecule has 2 amide bonds. The summed E-state index contributed by atoms with van der Waals surface area (Å²) in [5, 5.41) is 3.98. The van der Waals surface area contributed by atoms with E-state index in [1.165, 1.54) is 11.1 Å². The molecule has 0 spiro atoms. The molecule has 43 heavy (non-hydrogen) atoms. The molecule has 0 bridgehead atoms. The van der Waals surface area contributed by atoms with Gasteiger partial charge in [0.1, 0.15) is 17.5 Å². The zero-order chi connectivity index (χ0) is 29.5. The zero-order valence-corrected chi connectivity index (χ0v) is 24.4. The SMILES string of the molecule is Cc1c(NC(=O)N2Cc3ccccc3C2)cccc1-c1nc(N)nc2[nH]c(-c3ccc(OC4CCN(C)CC4)cc3)cc12. The molecule has 0 aliphatic carbocycles. The maximum atomic E-state index is 13.2. The van der Waals surface area contributed by atoms with Crippen molar-refractivity contribution in [1.29, 1.82) is 0 Å². The van der Waals surface area contributed by atoms with Gasteiger partial charge in [-0.25, -0.2) is 9.78 Å². The Morgan fingerprint density at radius 1 is 0.977 bits per heavy atom. The highest BCUT2D eigenvalue weighted by atomic mass is 16.5. The number of likely N-dealkylation sites (tertiary alicyclic amines) is 1. The molecule has 3 aromatic carbocycles. The number of carbonyl (C=O) groups is 1. The van der Waals surface area contributed by atoms with Crippen molar-refractivity contribution in [2.24, 2.45) is 0 Å². The summed E-state index contributed by atoms with van der Waals surface area (Å²) in [7, 11) is 2.15. The zero-order valence-electron chi connectivity index (χ0n) is 24.4. The normalized spacial score (nSPS) is 15.5. The number of urea groups is 1. The van der Waals surface area contributed by atoms with Crippen molar-refractivity contribution >= 4 is 28.7 Å². The van der Waals surface area contributed by atoms with Crippen LogP contribution in [0.3, 0.4) is 0 Å². The second-order valence-corrected chi connectivity index (χ2v) is 11.6. The number of nitrogens with zero attached hydrogens (tertiary/aromatic N) is 4. The van der Waals surface area contributed by atoms with Crippen LogP contribution < -0.4 is 15.8 Å². The molecule has 4 N–H and O–H groups in total. The average Bonchev–Trinajstić information content (AvgIpc) is 3.64. The lowest BCUT2D eigenvalue weighted by atomic mass is 10.0. The van der Waals surface area contributed by atoms with Crippen LogP contribution in [0.25, 0.3) is 33.5 Å². The lowest BCUT2D eigenvalue weighted by molar-refractivity contribution is 0.114. The van der Waals surface area contributed by atoms with Crippen molar-refractivity contribution < 1.29 is 9.53 Å². The van der Waals surface area contributed by atoms with E-state index in [0.29, 0.717) is 18.7 Å². The fourth-order valence-corrected chi connectivity index (χ4v) is 6.09. The van der Waals surface area contributed by atoms with E-state index in [1.807, 2.05) is 54.3 Å². The number of hydrogen-bond acceptors (Lipinski definition) is 6. The van der Waals surface area contributed by atoms with Gasteiger partial charge in [0.05, 0.1) is 5.69 Å². The van der Waals surface area contributed by atoms with Crippen LogP contribution in [0.4, 0.5) is 16.4 Å². The van der Waals surface area contributed by atoms with Gasteiger partial charge in [-0.2, -0.15) is 4.98 Å². The maximum absolute atomic E-state index is 13.2. The van der Waals surface area contributed by atoms with Crippen LogP contribution in [0.5, 0.6) is 5.75 Å². The Hall–Kier alpha value is -4.89. The molecule has 2 aliphatic heterocycles. The van der Waals surface area contributed by atoms with Crippen molar-refractivity contribution in [2.75, 3.05) is 31.2 Å². The van der Waals surface area contributed by atoms with Gasteiger partial charge in [-0.05, 0) is 85.5 Å². The van der Waals surface area contributed by atoms with Crippen LogP contribution in [0.15, 0.2) is 72.8 Å². The summed E-state index contributed by atoms with van der Waals surface area (Å²) in [5.74, 6) is 1.06. The third-order valence-corrected chi connectivity index (χ3v) is 8.60. The smallest absolute Gasteiger partial charge is 0.322 e. The number of H-pyrrole nitrogens is 1. The molecule has 2 aliphatic rings. The molecule has 2 aromatic heterocycles. The molecule has 0 radical (unpaired) electrons. The van der Waals surface area contributed by atoms with Gasteiger partial charge in [-0.3, -0.25) is 0 Å². The number of fused-ring (bicyclic) bond motifs is 2. The number of hydrogen-bond donors (Lipinski definition) is 3. The number of anilines is 2. The third-order valence-electron chi connectivity index (χ3n) is 8.60. The van der Waals surface area contributed by atoms with Crippen LogP contribution in [0.2, 0.25) is 0 Å². The molecule has 7 rings (SSSR count). The fourth-order valence-electron chi connectivity index (χ4n) is 6.09. The van der Waals surface area contributed by atoms with Gasteiger partial charge in [0.25, 0.3) is 0 Å². The van der Waals surface area contributed by atoms with Crippen LogP contribution in [0, 0.1) is 6.92 Å². The predicted octanol–water partition coefficient (Wildman–Crippen LogP) is 6.20. The lowest BCUT2D eigenvalue weighted by Crippen LogP contribution is -2.35. The largest absolute Gasteiger partial charge is 0.490 e. The van der Waals surface area contributed by atoms with Crippen LogP contribution in [-0.2, 0) is 13.1 Å². The number of ether oxygens (including phenoxy) is 1.